The van der Waals surface area contributed by atoms with Gasteiger partial charge < -0.3 is 73.8 Å². The highest BCUT2D eigenvalue weighted by Gasteiger charge is 2.44. The van der Waals surface area contributed by atoms with Crippen molar-refractivity contribution in [3.8, 4) is 5.75 Å². The summed E-state index contributed by atoms with van der Waals surface area (Å²) < 4.78 is 30.1. The summed E-state index contributed by atoms with van der Waals surface area (Å²) >= 11 is 2.88. The van der Waals surface area contributed by atoms with Crippen molar-refractivity contribution >= 4 is 99.3 Å². The number of aliphatic carboxylic acids is 1. The highest BCUT2D eigenvalue weighted by Crippen LogP contribution is 2.48. The van der Waals surface area contributed by atoms with Crippen LogP contribution in [0.25, 0.3) is 10.9 Å². The van der Waals surface area contributed by atoms with Crippen molar-refractivity contribution in [1.82, 2.24) is 57.1 Å². The first-order valence-corrected chi connectivity index (χ1v) is 36.4. The number of hydrogen-bond donors (Lipinski definition) is 13. The Labute approximate surface area is 585 Å². The summed E-state index contributed by atoms with van der Waals surface area (Å²) in [4.78, 5) is 168. The number of nitrogens with zero attached hydrogens (tertiary/aromatic N) is 2. The molecule has 12 atom stereocenters. The van der Waals surface area contributed by atoms with Gasteiger partial charge in [0, 0.05) is 90.7 Å². The molecule has 9 rings (SSSR count). The molecule has 9 amide bonds. The molecule has 0 spiro atoms. The number of carbonyl (C=O) groups excluding carboxylic acids is 10. The average molecular weight is 1420 g/mol. The Morgan fingerprint density at radius 3 is 2.13 bits per heavy atom. The SMILES string of the molecule is NCCCC[C@@H]1NC(=O)CCSCc2cccc(c2)CSC[C@@H](C(N)=O)CC(=O)[C@@H]2CCCN2C(=O)[C@H](Cc2ccc(O)cc2)NC(=O)[C@H](Cc2cnc[nH]2)NC(=O)[C@H](CC(=O)O)NC(=O)[C@H](CC2CCC3CCC(F)CC32)NC(=O)[C@H](Cc2c[nH]c3ccc(F)cc23)NC(=O)CNC1=O. The minimum atomic E-state index is -1.97. The van der Waals surface area contributed by atoms with Crippen LogP contribution in [0.4, 0.5) is 8.78 Å². The molecule has 0 radical (unpaired) electrons. The second-order valence-corrected chi connectivity index (χ2v) is 28.6. The molecule has 5 aromatic rings. The maximum Gasteiger partial charge on any atom is 0.305 e. The van der Waals surface area contributed by atoms with Gasteiger partial charge in [0.15, 0.2) is 5.78 Å². The van der Waals surface area contributed by atoms with Crippen LogP contribution in [0.15, 0.2) is 85.5 Å². The number of amides is 9. The molecule has 2 saturated carbocycles. The van der Waals surface area contributed by atoms with Crippen molar-refractivity contribution in [2.75, 3.05) is 31.1 Å². The number of aromatic nitrogens is 3. The second kappa shape index (κ2) is 36.4. The fourth-order valence-corrected chi connectivity index (χ4v) is 16.0. The van der Waals surface area contributed by atoms with Gasteiger partial charge in [0.1, 0.15) is 54.0 Å². The van der Waals surface area contributed by atoms with Gasteiger partial charge in [-0.25, -0.2) is 13.8 Å². The van der Waals surface area contributed by atoms with Gasteiger partial charge in [0.25, 0.3) is 0 Å². The van der Waals surface area contributed by atoms with E-state index in [1.807, 2.05) is 24.3 Å². The number of H-pyrrole nitrogens is 2. The minimum absolute atomic E-state index is 0.0325. The van der Waals surface area contributed by atoms with Crippen molar-refractivity contribution in [3.05, 3.63) is 119 Å². The lowest BCUT2D eigenvalue weighted by molar-refractivity contribution is -0.142. The number of fused-ring (bicyclic) bond motifs is 5. The monoisotopic (exact) mass is 1420 g/mol. The first kappa shape index (κ1) is 75.3. The van der Waals surface area contributed by atoms with Crippen LogP contribution >= 0.6 is 23.5 Å². The number of Topliss-reactive ketones (excluding diaryl/α,β-unsaturated/α-hetero) is 1. The molecule has 2 aromatic heterocycles. The van der Waals surface area contributed by atoms with Crippen molar-refractivity contribution in [3.63, 3.8) is 0 Å². The molecular weight excluding hydrogens is 1330 g/mol. The van der Waals surface area contributed by atoms with Crippen LogP contribution in [0.3, 0.4) is 0 Å². The molecular formula is C70H89F2N13O13S2. The molecule has 1 saturated heterocycles. The number of phenols is 1. The first-order valence-electron chi connectivity index (χ1n) is 34.1. The first-order chi connectivity index (χ1) is 48.1. The number of carboxylic acid groups (broad SMARTS) is 1. The van der Waals surface area contributed by atoms with Gasteiger partial charge in [-0.05, 0) is 148 Å². The van der Waals surface area contributed by atoms with Crippen LogP contribution in [0, 0.1) is 29.5 Å². The number of imidazole rings is 1. The largest absolute Gasteiger partial charge is 0.508 e. The molecule has 30 heteroatoms. The van der Waals surface area contributed by atoms with Gasteiger partial charge >= 0.3 is 5.97 Å². The number of aromatic amines is 2. The summed E-state index contributed by atoms with van der Waals surface area (Å²) in [6.45, 7) is -0.298. The number of thioether (sulfide) groups is 2. The summed E-state index contributed by atoms with van der Waals surface area (Å²) in [5.74, 6) is -10.2. The van der Waals surface area contributed by atoms with Crippen LogP contribution < -0.4 is 48.7 Å². The predicted octanol–water partition coefficient (Wildman–Crippen LogP) is 3.57. The Bertz CT molecular complexity index is 3720. The Balaban J connectivity index is 1.04. The Kier molecular flexibility index (Phi) is 27.4. The van der Waals surface area contributed by atoms with Gasteiger partial charge in [-0.1, -0.05) is 36.4 Å². The van der Waals surface area contributed by atoms with Crippen molar-refractivity contribution in [1.29, 1.82) is 0 Å². The quantitative estimate of drug-likeness (QED) is 0.0666. The van der Waals surface area contributed by atoms with Gasteiger partial charge in [0.2, 0.25) is 53.2 Å². The third kappa shape index (κ3) is 21.6. The number of halogens is 2. The van der Waals surface area contributed by atoms with E-state index in [2.05, 4.69) is 52.2 Å². The molecule has 538 valence electrons. The van der Waals surface area contributed by atoms with E-state index in [4.69, 9.17) is 11.5 Å². The third-order valence-corrected chi connectivity index (χ3v) is 21.4. The number of nitrogens with two attached hydrogens (primary N) is 2. The van der Waals surface area contributed by atoms with Gasteiger partial charge in [-0.2, -0.15) is 23.5 Å². The van der Waals surface area contributed by atoms with Gasteiger partial charge in [-0.3, -0.25) is 52.7 Å². The summed E-state index contributed by atoms with van der Waals surface area (Å²) in [5.41, 5.74) is 15.2. The molecule has 100 heavy (non-hydrogen) atoms. The molecule has 4 heterocycles. The van der Waals surface area contributed by atoms with E-state index in [9.17, 15) is 53.0 Å². The number of alkyl halides is 1. The molecule has 2 aliphatic carbocycles. The summed E-state index contributed by atoms with van der Waals surface area (Å²) in [6.07, 6.45) is 4.85. The number of aromatic hydroxyl groups is 1. The van der Waals surface area contributed by atoms with E-state index in [-0.39, 0.29) is 93.6 Å². The fraction of sp³-hybridized carbons (Fsp3) is 0.514. The number of hydrogen-bond acceptors (Lipinski definition) is 16. The maximum absolute atomic E-state index is 15.3. The highest BCUT2D eigenvalue weighted by molar-refractivity contribution is 7.98. The zero-order chi connectivity index (χ0) is 71.4. The molecule has 26 nitrogen and oxygen atoms in total. The summed E-state index contributed by atoms with van der Waals surface area (Å²) in [5, 5.41) is 39.5. The van der Waals surface area contributed by atoms with Gasteiger partial charge in [0.05, 0.1) is 31.3 Å². The lowest BCUT2D eigenvalue weighted by atomic mass is 9.75. The third-order valence-electron chi connectivity index (χ3n) is 19.2. The number of phenolic OH excluding ortho intramolecular Hbond substituents is 1. The number of nitrogens with one attached hydrogen (secondary N) is 9. The van der Waals surface area contributed by atoms with E-state index in [0.29, 0.717) is 96.5 Å². The lowest BCUT2D eigenvalue weighted by Crippen LogP contribution is -2.60. The zero-order valence-corrected chi connectivity index (χ0v) is 57.1. The summed E-state index contributed by atoms with van der Waals surface area (Å²) in [7, 11) is 0. The molecule has 2 aliphatic heterocycles. The Hall–Kier alpha value is -8.90. The number of carbonyl (C=O) groups is 11. The highest BCUT2D eigenvalue weighted by atomic mass is 32.2. The summed E-state index contributed by atoms with van der Waals surface area (Å²) in [6, 6.07) is 7.18. The van der Waals surface area contributed by atoms with E-state index in [0.717, 1.165) is 11.1 Å². The maximum atomic E-state index is 15.3. The standard InChI is InChI=1S/C70H89F2N13O13S2/c71-46-14-13-42-11-12-43(50(42)28-46)25-55-67(95)83-57(31-63(90)91)69(97)82-56(30-48-33-75-38-78-48)68(96)84-58(24-39-9-16-49(86)17-10-39)70(98)85-21-4-8-59(85)60(87)27-45(64(74)92)37-100-36-41-6-3-5-40(23-41)35-99-22-19-61(88)79-53(7-1-2-20-73)65(93)77-34-62(89)80-54(66(94)81-55)26-44-32-76-52-18-15-47(72)29-51(44)52/h3,5-6,9-10,15-18,23,29,32-33,38,42-43,45-46,50,53-59,76,86H,1-2,4,7-8,11-14,19-22,24-28,30-31,34-37,73H2,(H2,74,92)(H,75,78)(H,77,93)(H,79,88)(H,80,89)(H,81,94)(H,82,97)(H,83,95)(H,84,96)(H,90,91)/t42?,43?,45-,46?,50?,53-,54-,55-,56-,57-,58-,59-/m0/s1. The van der Waals surface area contributed by atoms with E-state index in [1.54, 1.807) is 0 Å². The molecule has 4 aliphatic rings. The van der Waals surface area contributed by atoms with Crippen LogP contribution in [0.5, 0.6) is 5.75 Å². The molecule has 2 bridgehead atoms. The number of primary amides is 1. The van der Waals surface area contributed by atoms with Crippen molar-refractivity contribution in [2.45, 2.75) is 169 Å². The number of carboxylic acids is 1. The average Bonchev–Trinajstić information content (AvgIpc) is 1.64. The van der Waals surface area contributed by atoms with E-state index in [1.165, 1.54) is 89.6 Å². The minimum Gasteiger partial charge on any atom is -0.508 e. The predicted molar refractivity (Wildman–Crippen MR) is 369 cm³/mol. The van der Waals surface area contributed by atoms with Crippen LogP contribution in [-0.2, 0) is 83.5 Å². The van der Waals surface area contributed by atoms with E-state index < -0.39 is 138 Å². The molecule has 3 aromatic carbocycles. The Morgan fingerprint density at radius 2 is 1.40 bits per heavy atom. The second-order valence-electron chi connectivity index (χ2n) is 26.4. The zero-order valence-electron chi connectivity index (χ0n) is 55.5. The molecule has 4 unspecified atom stereocenters. The van der Waals surface area contributed by atoms with Crippen molar-refractivity contribution in [2.24, 2.45) is 35.1 Å². The van der Waals surface area contributed by atoms with Crippen LogP contribution in [0.1, 0.15) is 118 Å². The number of rotatable bonds is 15. The van der Waals surface area contributed by atoms with Crippen molar-refractivity contribution < 1.29 is 71.7 Å². The Morgan fingerprint density at radius 1 is 0.710 bits per heavy atom. The number of ketones is 1. The normalized spacial score (nSPS) is 26.6. The lowest BCUT2D eigenvalue weighted by Gasteiger charge is -2.33. The fourth-order valence-electron chi connectivity index (χ4n) is 14.0. The number of unbranched alkanes of at least 4 members (excludes halogenated alkanes) is 1. The number of benzene rings is 3. The molecule has 3 fully saturated rings. The van der Waals surface area contributed by atoms with Crippen LogP contribution in [0.2, 0.25) is 0 Å². The van der Waals surface area contributed by atoms with Crippen LogP contribution in [-0.4, -0.2) is 175 Å². The topological polar surface area (TPSA) is 412 Å². The van der Waals surface area contributed by atoms with E-state index >= 15 is 18.8 Å². The smallest absolute Gasteiger partial charge is 0.305 e. The van der Waals surface area contributed by atoms with Gasteiger partial charge in [-0.15, -0.1) is 0 Å². The molecule has 15 N–H and O–H groups in total.